The van der Waals surface area contributed by atoms with Crippen LogP contribution in [0.4, 0.5) is 0 Å². The zero-order valence-electron chi connectivity index (χ0n) is 13.5. The lowest BCUT2D eigenvalue weighted by atomic mass is 9.67. The zero-order chi connectivity index (χ0) is 14.0. The molecule has 0 saturated heterocycles. The molecule has 0 aromatic heterocycles. The number of aliphatic hydroxyl groups is 1. The summed E-state index contributed by atoms with van der Waals surface area (Å²) in [6, 6.07) is 0. The lowest BCUT2D eigenvalue weighted by Gasteiger charge is -2.42. The first-order chi connectivity index (χ1) is 8.90. The Morgan fingerprint density at radius 1 is 0.947 bits per heavy atom. The molecule has 0 bridgehead atoms. The van der Waals surface area contributed by atoms with E-state index in [-0.39, 0.29) is 5.60 Å². The van der Waals surface area contributed by atoms with Gasteiger partial charge in [0.25, 0.3) is 0 Å². The summed E-state index contributed by atoms with van der Waals surface area (Å²) >= 11 is 0. The van der Waals surface area contributed by atoms with Gasteiger partial charge in [0.2, 0.25) is 0 Å². The summed E-state index contributed by atoms with van der Waals surface area (Å²) in [5.74, 6) is 3.81. The molecule has 2 aliphatic rings. The maximum atomic E-state index is 11.2. The fraction of sp³-hybridized carbons (Fsp3) is 1.00. The maximum absolute atomic E-state index is 11.2. The molecule has 0 aromatic carbocycles. The summed E-state index contributed by atoms with van der Waals surface area (Å²) < 4.78 is 0. The molecule has 1 N–H and O–H groups in total. The third-order valence-corrected chi connectivity index (χ3v) is 6.01. The summed E-state index contributed by atoms with van der Waals surface area (Å²) in [4.78, 5) is 0. The standard InChI is InChI=1S/C18H34O/c1-13(2)16-6-5-8-18(19,9-7-16)17-11-14(3)10-15(4)12-17/h13-17,19H,5-12H2,1-4H3. The number of hydrogen-bond acceptors (Lipinski definition) is 1. The smallest absolute Gasteiger partial charge is 0.0676 e. The molecule has 0 aromatic rings. The van der Waals surface area contributed by atoms with Gasteiger partial charge >= 0.3 is 0 Å². The molecule has 2 aliphatic carbocycles. The Hall–Kier alpha value is -0.0400. The van der Waals surface area contributed by atoms with E-state index in [4.69, 9.17) is 0 Å². The molecular formula is C18H34O. The van der Waals surface area contributed by atoms with Crippen LogP contribution in [0.25, 0.3) is 0 Å². The minimum absolute atomic E-state index is 0.341. The summed E-state index contributed by atoms with van der Waals surface area (Å²) in [7, 11) is 0. The molecule has 19 heavy (non-hydrogen) atoms. The molecule has 1 heteroatoms. The van der Waals surface area contributed by atoms with Crippen molar-refractivity contribution in [3.63, 3.8) is 0 Å². The Bertz CT molecular complexity index is 275. The van der Waals surface area contributed by atoms with Gasteiger partial charge in [-0.3, -0.25) is 0 Å². The first-order valence-corrected chi connectivity index (χ1v) is 8.63. The van der Waals surface area contributed by atoms with Crippen LogP contribution in [0.15, 0.2) is 0 Å². The third-order valence-electron chi connectivity index (χ3n) is 6.01. The maximum Gasteiger partial charge on any atom is 0.0676 e. The second-order valence-corrected chi connectivity index (χ2v) is 8.15. The molecule has 0 heterocycles. The van der Waals surface area contributed by atoms with Gasteiger partial charge in [-0.15, -0.1) is 0 Å². The van der Waals surface area contributed by atoms with Crippen LogP contribution in [0.1, 0.15) is 79.1 Å². The van der Waals surface area contributed by atoms with E-state index in [1.165, 1.54) is 38.5 Å². The normalized spacial score (nSPS) is 45.2. The van der Waals surface area contributed by atoms with E-state index in [2.05, 4.69) is 27.7 Å². The van der Waals surface area contributed by atoms with Crippen LogP contribution in [0.2, 0.25) is 0 Å². The summed E-state index contributed by atoms with van der Waals surface area (Å²) in [5, 5.41) is 11.2. The number of hydrogen-bond donors (Lipinski definition) is 1. The topological polar surface area (TPSA) is 20.2 Å². The molecule has 0 spiro atoms. The monoisotopic (exact) mass is 266 g/mol. The van der Waals surface area contributed by atoms with Gasteiger partial charge in [0.05, 0.1) is 5.60 Å². The van der Waals surface area contributed by atoms with Gasteiger partial charge in [0, 0.05) is 0 Å². The Morgan fingerprint density at radius 2 is 1.58 bits per heavy atom. The van der Waals surface area contributed by atoms with Crippen LogP contribution >= 0.6 is 0 Å². The lowest BCUT2D eigenvalue weighted by Crippen LogP contribution is -2.41. The van der Waals surface area contributed by atoms with E-state index in [0.29, 0.717) is 5.92 Å². The molecule has 0 aliphatic heterocycles. The van der Waals surface area contributed by atoms with Crippen LogP contribution in [-0.2, 0) is 0 Å². The van der Waals surface area contributed by atoms with E-state index < -0.39 is 0 Å². The Labute approximate surface area is 120 Å². The van der Waals surface area contributed by atoms with Crippen molar-refractivity contribution in [1.82, 2.24) is 0 Å². The predicted octanol–water partition coefficient (Wildman–Crippen LogP) is 5.03. The van der Waals surface area contributed by atoms with Crippen LogP contribution in [0.5, 0.6) is 0 Å². The van der Waals surface area contributed by atoms with E-state index in [0.717, 1.165) is 36.5 Å². The minimum atomic E-state index is -0.341. The molecule has 2 rings (SSSR count). The third kappa shape index (κ3) is 3.74. The summed E-state index contributed by atoms with van der Waals surface area (Å²) in [6.07, 6.45) is 9.80. The summed E-state index contributed by atoms with van der Waals surface area (Å²) in [5.41, 5.74) is -0.341. The zero-order valence-corrected chi connectivity index (χ0v) is 13.5. The number of rotatable bonds is 2. The fourth-order valence-corrected chi connectivity index (χ4v) is 4.84. The molecule has 2 fully saturated rings. The molecule has 1 nitrogen and oxygen atoms in total. The second-order valence-electron chi connectivity index (χ2n) is 8.15. The highest BCUT2D eigenvalue weighted by atomic mass is 16.3. The van der Waals surface area contributed by atoms with Gasteiger partial charge in [-0.2, -0.15) is 0 Å². The molecule has 2 saturated carbocycles. The largest absolute Gasteiger partial charge is 0.390 e. The van der Waals surface area contributed by atoms with Crippen molar-refractivity contribution in [3.05, 3.63) is 0 Å². The molecule has 112 valence electrons. The Balaban J connectivity index is 2.01. The van der Waals surface area contributed by atoms with Crippen molar-refractivity contribution in [2.75, 3.05) is 0 Å². The molecule has 0 amide bonds. The first kappa shape index (κ1) is 15.4. The average molecular weight is 266 g/mol. The van der Waals surface area contributed by atoms with Gasteiger partial charge in [-0.1, -0.05) is 40.5 Å². The molecule has 4 unspecified atom stereocenters. The van der Waals surface area contributed by atoms with Crippen molar-refractivity contribution >= 4 is 0 Å². The first-order valence-electron chi connectivity index (χ1n) is 8.63. The van der Waals surface area contributed by atoms with Crippen LogP contribution in [0.3, 0.4) is 0 Å². The minimum Gasteiger partial charge on any atom is -0.390 e. The van der Waals surface area contributed by atoms with Crippen LogP contribution in [-0.4, -0.2) is 10.7 Å². The molecule has 0 radical (unpaired) electrons. The van der Waals surface area contributed by atoms with E-state index >= 15 is 0 Å². The molecular weight excluding hydrogens is 232 g/mol. The average Bonchev–Trinajstić information content (AvgIpc) is 2.51. The van der Waals surface area contributed by atoms with E-state index in [1.807, 2.05) is 0 Å². The lowest BCUT2D eigenvalue weighted by molar-refractivity contribution is -0.0605. The summed E-state index contributed by atoms with van der Waals surface area (Å²) in [6.45, 7) is 9.44. The predicted molar refractivity (Wildman–Crippen MR) is 82.0 cm³/mol. The SMILES string of the molecule is CC1CC(C)CC(C2(O)CCCC(C(C)C)CC2)C1. The second kappa shape index (κ2) is 6.16. The van der Waals surface area contributed by atoms with Gasteiger partial charge in [0.15, 0.2) is 0 Å². The Morgan fingerprint density at radius 3 is 2.16 bits per heavy atom. The van der Waals surface area contributed by atoms with Crippen molar-refractivity contribution in [1.29, 1.82) is 0 Å². The quantitative estimate of drug-likeness (QED) is 0.695. The van der Waals surface area contributed by atoms with E-state index in [1.54, 1.807) is 0 Å². The van der Waals surface area contributed by atoms with Crippen molar-refractivity contribution in [2.45, 2.75) is 84.7 Å². The highest BCUT2D eigenvalue weighted by Gasteiger charge is 2.41. The highest BCUT2D eigenvalue weighted by molar-refractivity contribution is 4.93. The van der Waals surface area contributed by atoms with E-state index in [9.17, 15) is 5.11 Å². The highest BCUT2D eigenvalue weighted by Crippen LogP contribution is 2.45. The fourth-order valence-electron chi connectivity index (χ4n) is 4.84. The van der Waals surface area contributed by atoms with Crippen LogP contribution in [0, 0.1) is 29.6 Å². The van der Waals surface area contributed by atoms with Gasteiger partial charge in [-0.25, -0.2) is 0 Å². The van der Waals surface area contributed by atoms with Gasteiger partial charge < -0.3 is 5.11 Å². The van der Waals surface area contributed by atoms with Crippen molar-refractivity contribution in [2.24, 2.45) is 29.6 Å². The molecule has 4 atom stereocenters. The van der Waals surface area contributed by atoms with Crippen molar-refractivity contribution < 1.29 is 5.11 Å². The van der Waals surface area contributed by atoms with Gasteiger partial charge in [0.1, 0.15) is 0 Å². The van der Waals surface area contributed by atoms with Crippen LogP contribution < -0.4 is 0 Å². The van der Waals surface area contributed by atoms with Crippen molar-refractivity contribution in [3.8, 4) is 0 Å². The Kier molecular flexibility index (Phi) is 4.98. The van der Waals surface area contributed by atoms with Gasteiger partial charge in [-0.05, 0) is 68.1 Å².